The van der Waals surface area contributed by atoms with Crippen molar-refractivity contribution in [3.8, 4) is 0 Å². The molecule has 1 heterocycles. The molecule has 0 radical (unpaired) electrons. The Balaban J connectivity index is 2.74. The zero-order chi connectivity index (χ0) is 5.98. The van der Waals surface area contributed by atoms with Crippen LogP contribution >= 0.6 is 12.2 Å². The molecule has 0 fully saturated rings. The molecule has 42 valence electrons. The SMILES string of the molecule is OC1C=CC=NC1=S. The van der Waals surface area contributed by atoms with Crippen LogP contribution in [0, 0.1) is 0 Å². The van der Waals surface area contributed by atoms with Crippen LogP contribution in [0.1, 0.15) is 0 Å². The third-order valence-corrected chi connectivity index (χ3v) is 1.18. The lowest BCUT2D eigenvalue weighted by atomic mass is 10.3. The summed E-state index contributed by atoms with van der Waals surface area (Å²) in [6.45, 7) is 0. The van der Waals surface area contributed by atoms with E-state index in [0.29, 0.717) is 4.99 Å². The molecule has 0 saturated heterocycles. The highest BCUT2D eigenvalue weighted by molar-refractivity contribution is 7.80. The first-order valence-electron chi connectivity index (χ1n) is 2.23. The summed E-state index contributed by atoms with van der Waals surface area (Å²) in [5, 5.41) is 8.84. The second-order valence-corrected chi connectivity index (χ2v) is 1.86. The van der Waals surface area contributed by atoms with Crippen molar-refractivity contribution in [1.82, 2.24) is 0 Å². The van der Waals surface area contributed by atoms with Crippen LogP contribution in [-0.2, 0) is 0 Å². The maximum Gasteiger partial charge on any atom is 0.135 e. The molecule has 1 N–H and O–H groups in total. The average Bonchev–Trinajstić information content (AvgIpc) is 1.77. The highest BCUT2D eigenvalue weighted by atomic mass is 32.1. The highest BCUT2D eigenvalue weighted by Gasteiger charge is 2.05. The van der Waals surface area contributed by atoms with E-state index in [1.54, 1.807) is 18.4 Å². The van der Waals surface area contributed by atoms with Crippen molar-refractivity contribution >= 4 is 23.4 Å². The van der Waals surface area contributed by atoms with Gasteiger partial charge in [-0.15, -0.1) is 0 Å². The van der Waals surface area contributed by atoms with Gasteiger partial charge in [-0.1, -0.05) is 12.2 Å². The zero-order valence-corrected chi connectivity index (χ0v) is 4.93. The number of allylic oxidation sites excluding steroid dienone is 1. The largest absolute Gasteiger partial charge is 0.382 e. The number of thiocarbonyl (C=S) groups is 1. The number of nitrogens with zero attached hydrogens (tertiary/aromatic N) is 1. The molecule has 0 aromatic carbocycles. The molecule has 0 spiro atoms. The predicted octanol–water partition coefficient (Wildman–Crippen LogP) is 0.315. The van der Waals surface area contributed by atoms with Gasteiger partial charge < -0.3 is 5.11 Å². The van der Waals surface area contributed by atoms with E-state index in [4.69, 9.17) is 5.11 Å². The Morgan fingerprint density at radius 1 is 1.75 bits per heavy atom. The summed E-state index contributed by atoms with van der Waals surface area (Å²) in [4.78, 5) is 4.02. The van der Waals surface area contributed by atoms with Gasteiger partial charge in [0.05, 0.1) is 0 Å². The topological polar surface area (TPSA) is 32.6 Å². The van der Waals surface area contributed by atoms with E-state index in [0.717, 1.165) is 0 Å². The molecule has 1 unspecified atom stereocenters. The Bertz CT molecular complexity index is 162. The molecular formula is C5H5NOS. The highest BCUT2D eigenvalue weighted by Crippen LogP contribution is 1.96. The Kier molecular flexibility index (Phi) is 1.50. The molecule has 0 aliphatic carbocycles. The molecule has 0 aromatic rings. The van der Waals surface area contributed by atoms with E-state index < -0.39 is 6.10 Å². The number of dihydropyridines is 1. The summed E-state index contributed by atoms with van der Waals surface area (Å²) in [6.07, 6.45) is 4.18. The Morgan fingerprint density at radius 2 is 2.50 bits per heavy atom. The minimum absolute atomic E-state index is 0.340. The summed E-state index contributed by atoms with van der Waals surface area (Å²) in [7, 11) is 0. The fourth-order valence-corrected chi connectivity index (χ4v) is 0.570. The van der Waals surface area contributed by atoms with Gasteiger partial charge in [-0.05, 0) is 12.2 Å². The van der Waals surface area contributed by atoms with Gasteiger partial charge in [0.15, 0.2) is 0 Å². The quantitative estimate of drug-likeness (QED) is 0.475. The van der Waals surface area contributed by atoms with Crippen LogP contribution in [0.4, 0.5) is 0 Å². The number of rotatable bonds is 0. The van der Waals surface area contributed by atoms with Crippen molar-refractivity contribution in [2.45, 2.75) is 6.10 Å². The molecule has 0 saturated carbocycles. The van der Waals surface area contributed by atoms with Gasteiger partial charge in [-0.2, -0.15) is 0 Å². The number of hydrogen-bond donors (Lipinski definition) is 1. The van der Waals surface area contributed by atoms with E-state index in [1.165, 1.54) is 0 Å². The number of hydrogen-bond acceptors (Lipinski definition) is 2. The lowest BCUT2D eigenvalue weighted by molar-refractivity contribution is 0.290. The molecule has 1 rings (SSSR count). The van der Waals surface area contributed by atoms with Gasteiger partial charge in [0.25, 0.3) is 0 Å². The lowest BCUT2D eigenvalue weighted by Crippen LogP contribution is -2.15. The van der Waals surface area contributed by atoms with Crippen LogP contribution in [0.25, 0.3) is 0 Å². The second kappa shape index (κ2) is 2.15. The molecular weight excluding hydrogens is 122 g/mol. The normalized spacial score (nSPS) is 26.6. The van der Waals surface area contributed by atoms with Crippen molar-refractivity contribution in [2.24, 2.45) is 4.99 Å². The van der Waals surface area contributed by atoms with Crippen LogP contribution in [-0.4, -0.2) is 22.4 Å². The first-order valence-corrected chi connectivity index (χ1v) is 2.64. The molecule has 0 bridgehead atoms. The van der Waals surface area contributed by atoms with E-state index in [9.17, 15) is 0 Å². The maximum atomic E-state index is 8.84. The van der Waals surface area contributed by atoms with Gasteiger partial charge in [0, 0.05) is 6.21 Å². The Morgan fingerprint density at radius 3 is 2.88 bits per heavy atom. The first-order chi connectivity index (χ1) is 3.80. The third-order valence-electron chi connectivity index (χ3n) is 0.834. The second-order valence-electron chi connectivity index (χ2n) is 1.45. The predicted molar refractivity (Wildman–Crippen MR) is 36.2 cm³/mol. The Hall–Kier alpha value is -0.540. The smallest absolute Gasteiger partial charge is 0.135 e. The van der Waals surface area contributed by atoms with Crippen LogP contribution in [0.2, 0.25) is 0 Å². The summed E-state index contributed by atoms with van der Waals surface area (Å²) in [5.74, 6) is 0. The van der Waals surface area contributed by atoms with Crippen molar-refractivity contribution in [3.05, 3.63) is 12.2 Å². The minimum atomic E-state index is -0.644. The molecule has 0 aromatic heterocycles. The van der Waals surface area contributed by atoms with Crippen molar-refractivity contribution in [3.63, 3.8) is 0 Å². The van der Waals surface area contributed by atoms with Gasteiger partial charge in [0.2, 0.25) is 0 Å². The van der Waals surface area contributed by atoms with E-state index in [1.807, 2.05) is 0 Å². The number of aliphatic hydroxyl groups excluding tert-OH is 1. The lowest BCUT2D eigenvalue weighted by Gasteiger charge is -2.03. The van der Waals surface area contributed by atoms with Gasteiger partial charge in [-0.25, -0.2) is 4.99 Å². The van der Waals surface area contributed by atoms with Crippen molar-refractivity contribution < 1.29 is 5.11 Å². The molecule has 1 atom stereocenters. The Labute approximate surface area is 52.6 Å². The maximum absolute atomic E-state index is 8.84. The van der Waals surface area contributed by atoms with Crippen LogP contribution < -0.4 is 0 Å². The third kappa shape index (κ3) is 0.993. The van der Waals surface area contributed by atoms with Crippen molar-refractivity contribution in [1.29, 1.82) is 0 Å². The van der Waals surface area contributed by atoms with Gasteiger partial charge in [0.1, 0.15) is 11.1 Å². The molecule has 3 heteroatoms. The standard InChI is InChI=1S/C5H5NOS/c7-4-2-1-3-6-5(4)8/h1-4,7H. The van der Waals surface area contributed by atoms with Gasteiger partial charge >= 0.3 is 0 Å². The van der Waals surface area contributed by atoms with Crippen LogP contribution in [0.15, 0.2) is 17.1 Å². The zero-order valence-electron chi connectivity index (χ0n) is 4.11. The molecule has 1 aliphatic heterocycles. The molecule has 8 heavy (non-hydrogen) atoms. The van der Waals surface area contributed by atoms with E-state index in [2.05, 4.69) is 17.2 Å². The summed E-state index contributed by atoms with van der Waals surface area (Å²) in [6, 6.07) is 0. The van der Waals surface area contributed by atoms with E-state index in [-0.39, 0.29) is 0 Å². The summed E-state index contributed by atoms with van der Waals surface area (Å²) in [5.41, 5.74) is 0. The van der Waals surface area contributed by atoms with Crippen LogP contribution in [0.3, 0.4) is 0 Å². The fourth-order valence-electron chi connectivity index (χ4n) is 0.430. The van der Waals surface area contributed by atoms with E-state index >= 15 is 0 Å². The van der Waals surface area contributed by atoms with Crippen molar-refractivity contribution in [2.75, 3.05) is 0 Å². The summed E-state index contributed by atoms with van der Waals surface area (Å²) < 4.78 is 0. The first kappa shape index (κ1) is 5.59. The summed E-state index contributed by atoms with van der Waals surface area (Å²) >= 11 is 4.63. The average molecular weight is 127 g/mol. The minimum Gasteiger partial charge on any atom is -0.382 e. The monoisotopic (exact) mass is 127 g/mol. The van der Waals surface area contributed by atoms with Crippen LogP contribution in [0.5, 0.6) is 0 Å². The fraction of sp³-hybridized carbons (Fsp3) is 0.200. The molecule has 2 nitrogen and oxygen atoms in total. The molecule has 1 aliphatic rings. The molecule has 0 amide bonds. The number of aliphatic hydroxyl groups is 1. The van der Waals surface area contributed by atoms with Gasteiger partial charge in [-0.3, -0.25) is 0 Å². The number of aliphatic imine (C=N–C) groups is 1.